The van der Waals surface area contributed by atoms with E-state index < -0.39 is 6.10 Å². The molecule has 0 amide bonds. The lowest BCUT2D eigenvalue weighted by Gasteiger charge is -2.24. The highest BCUT2D eigenvalue weighted by molar-refractivity contribution is 5.53. The van der Waals surface area contributed by atoms with Gasteiger partial charge in [-0.15, -0.1) is 0 Å². The maximum absolute atomic E-state index is 9.72. The Hall–Kier alpha value is -1.10. The number of methoxy groups -OCH3 is 1. The molecule has 0 saturated heterocycles. The maximum atomic E-state index is 9.72. The van der Waals surface area contributed by atoms with Crippen LogP contribution in [-0.2, 0) is 11.3 Å². The van der Waals surface area contributed by atoms with E-state index in [1.807, 2.05) is 26.2 Å². The summed E-state index contributed by atoms with van der Waals surface area (Å²) in [6.45, 7) is 1.74. The normalized spacial score (nSPS) is 12.5. The van der Waals surface area contributed by atoms with Crippen molar-refractivity contribution < 1.29 is 9.84 Å². The van der Waals surface area contributed by atoms with Gasteiger partial charge in [0.1, 0.15) is 0 Å². The van der Waals surface area contributed by atoms with Gasteiger partial charge in [-0.3, -0.25) is 0 Å². The van der Waals surface area contributed by atoms with Crippen LogP contribution in [0.4, 0.5) is 5.69 Å². The maximum Gasteiger partial charge on any atom is 0.0947 e. The molecule has 0 spiro atoms. The topological polar surface area (TPSA) is 44.7 Å². The number of likely N-dealkylation sites (N-methyl/N-ethyl adjacent to an activating group) is 1. The Labute approximate surface area is 103 Å². The fourth-order valence-corrected chi connectivity index (χ4v) is 1.88. The molecule has 0 fully saturated rings. The van der Waals surface area contributed by atoms with Crippen molar-refractivity contribution in [2.24, 2.45) is 0 Å². The fourth-order valence-electron chi connectivity index (χ4n) is 1.88. The van der Waals surface area contributed by atoms with Crippen LogP contribution in [0.5, 0.6) is 0 Å². The molecule has 0 bridgehead atoms. The number of benzene rings is 1. The number of ether oxygens (including phenoxy) is 1. The molecular formula is C13H22N2O2. The number of para-hydroxylation sites is 1. The SMILES string of the molecule is CNCc1ccccc1N(C)CC(O)COC. The van der Waals surface area contributed by atoms with E-state index in [9.17, 15) is 5.11 Å². The minimum Gasteiger partial charge on any atom is -0.389 e. The van der Waals surface area contributed by atoms with Crippen molar-refractivity contribution in [2.75, 3.05) is 39.3 Å². The molecule has 0 heterocycles. The minimum atomic E-state index is -0.465. The van der Waals surface area contributed by atoms with Crippen molar-refractivity contribution in [3.05, 3.63) is 29.8 Å². The standard InChI is InChI=1S/C13H22N2O2/c1-14-8-11-6-4-5-7-13(11)15(2)9-12(16)10-17-3/h4-7,12,14,16H,8-10H2,1-3H3. The van der Waals surface area contributed by atoms with Crippen LogP contribution >= 0.6 is 0 Å². The summed E-state index contributed by atoms with van der Waals surface area (Å²) < 4.78 is 4.93. The molecule has 1 aromatic carbocycles. The second-order valence-electron chi connectivity index (χ2n) is 4.15. The Morgan fingerprint density at radius 3 is 2.76 bits per heavy atom. The van der Waals surface area contributed by atoms with E-state index in [-0.39, 0.29) is 0 Å². The molecule has 0 aromatic heterocycles. The smallest absolute Gasteiger partial charge is 0.0947 e. The molecule has 0 aliphatic rings. The molecule has 0 aliphatic heterocycles. The number of hydrogen-bond acceptors (Lipinski definition) is 4. The molecule has 1 aromatic rings. The lowest BCUT2D eigenvalue weighted by molar-refractivity contribution is 0.0695. The quantitative estimate of drug-likeness (QED) is 0.739. The molecule has 0 saturated carbocycles. The van der Waals surface area contributed by atoms with Gasteiger partial charge >= 0.3 is 0 Å². The first kappa shape index (κ1) is 14.0. The highest BCUT2D eigenvalue weighted by Crippen LogP contribution is 2.19. The summed E-state index contributed by atoms with van der Waals surface area (Å²) in [5, 5.41) is 12.9. The summed E-state index contributed by atoms with van der Waals surface area (Å²) in [6, 6.07) is 8.18. The molecule has 0 aliphatic carbocycles. The van der Waals surface area contributed by atoms with Crippen LogP contribution in [0.15, 0.2) is 24.3 Å². The minimum absolute atomic E-state index is 0.360. The number of anilines is 1. The number of rotatable bonds is 7. The van der Waals surface area contributed by atoms with Crippen LogP contribution in [0.3, 0.4) is 0 Å². The van der Waals surface area contributed by atoms with Gasteiger partial charge in [-0.1, -0.05) is 18.2 Å². The van der Waals surface area contributed by atoms with Crippen molar-refractivity contribution in [1.82, 2.24) is 5.32 Å². The van der Waals surface area contributed by atoms with Crippen molar-refractivity contribution in [3.8, 4) is 0 Å². The van der Waals surface area contributed by atoms with Gasteiger partial charge in [-0.2, -0.15) is 0 Å². The molecule has 0 radical (unpaired) electrons. The van der Waals surface area contributed by atoms with E-state index >= 15 is 0 Å². The van der Waals surface area contributed by atoms with Gasteiger partial charge in [0.25, 0.3) is 0 Å². The zero-order chi connectivity index (χ0) is 12.7. The molecule has 2 N–H and O–H groups in total. The molecule has 96 valence electrons. The predicted molar refractivity (Wildman–Crippen MR) is 70.4 cm³/mol. The highest BCUT2D eigenvalue weighted by Gasteiger charge is 2.11. The molecule has 1 rings (SSSR count). The number of aliphatic hydroxyl groups excluding tert-OH is 1. The van der Waals surface area contributed by atoms with Gasteiger partial charge in [-0.25, -0.2) is 0 Å². The van der Waals surface area contributed by atoms with Crippen molar-refractivity contribution in [2.45, 2.75) is 12.6 Å². The fraction of sp³-hybridized carbons (Fsp3) is 0.538. The van der Waals surface area contributed by atoms with Crippen LogP contribution < -0.4 is 10.2 Å². The first-order valence-electron chi connectivity index (χ1n) is 5.79. The van der Waals surface area contributed by atoms with Crippen LogP contribution in [0, 0.1) is 0 Å². The Kier molecular flexibility index (Phi) is 5.97. The third-order valence-electron chi connectivity index (χ3n) is 2.61. The van der Waals surface area contributed by atoms with E-state index in [0.29, 0.717) is 13.2 Å². The van der Waals surface area contributed by atoms with Gasteiger partial charge in [0.05, 0.1) is 12.7 Å². The molecule has 1 unspecified atom stereocenters. The summed E-state index contributed by atoms with van der Waals surface area (Å²) in [5.41, 5.74) is 2.36. The van der Waals surface area contributed by atoms with Gasteiger partial charge < -0.3 is 20.1 Å². The van der Waals surface area contributed by atoms with E-state index in [1.54, 1.807) is 7.11 Å². The third kappa shape index (κ3) is 4.34. The summed E-state index contributed by atoms with van der Waals surface area (Å²) in [7, 11) is 5.50. The molecule has 4 heteroatoms. The highest BCUT2D eigenvalue weighted by atomic mass is 16.5. The Morgan fingerprint density at radius 1 is 1.41 bits per heavy atom. The second kappa shape index (κ2) is 7.27. The average Bonchev–Trinajstić information content (AvgIpc) is 2.30. The van der Waals surface area contributed by atoms with Crippen LogP contribution in [0.25, 0.3) is 0 Å². The molecular weight excluding hydrogens is 216 g/mol. The largest absolute Gasteiger partial charge is 0.389 e. The van der Waals surface area contributed by atoms with Crippen LogP contribution in [0.2, 0.25) is 0 Å². The average molecular weight is 238 g/mol. The monoisotopic (exact) mass is 238 g/mol. The molecule has 1 atom stereocenters. The van der Waals surface area contributed by atoms with Gasteiger partial charge in [0.2, 0.25) is 0 Å². The lowest BCUT2D eigenvalue weighted by Crippen LogP contribution is -2.32. The number of nitrogens with one attached hydrogen (secondary N) is 1. The van der Waals surface area contributed by atoms with Crippen LogP contribution in [-0.4, -0.2) is 45.6 Å². The lowest BCUT2D eigenvalue weighted by atomic mass is 10.1. The van der Waals surface area contributed by atoms with Crippen molar-refractivity contribution >= 4 is 5.69 Å². The van der Waals surface area contributed by atoms with Gasteiger partial charge in [0.15, 0.2) is 0 Å². The summed E-state index contributed by atoms with van der Waals surface area (Å²) in [6.07, 6.45) is -0.465. The summed E-state index contributed by atoms with van der Waals surface area (Å²) >= 11 is 0. The van der Waals surface area contributed by atoms with E-state index in [0.717, 1.165) is 12.2 Å². The van der Waals surface area contributed by atoms with E-state index in [4.69, 9.17) is 4.74 Å². The van der Waals surface area contributed by atoms with Gasteiger partial charge in [-0.05, 0) is 18.7 Å². The number of hydrogen-bond donors (Lipinski definition) is 2. The Morgan fingerprint density at radius 2 is 2.12 bits per heavy atom. The molecule has 17 heavy (non-hydrogen) atoms. The number of aliphatic hydroxyl groups is 1. The zero-order valence-electron chi connectivity index (χ0n) is 10.8. The Balaban J connectivity index is 2.70. The Bertz CT molecular complexity index is 331. The third-order valence-corrected chi connectivity index (χ3v) is 2.61. The first-order chi connectivity index (χ1) is 8.19. The first-order valence-corrected chi connectivity index (χ1v) is 5.79. The summed E-state index contributed by atoms with van der Waals surface area (Å²) in [4.78, 5) is 2.05. The second-order valence-corrected chi connectivity index (χ2v) is 4.15. The van der Waals surface area contributed by atoms with Crippen LogP contribution in [0.1, 0.15) is 5.56 Å². The van der Waals surface area contributed by atoms with E-state index in [1.165, 1.54) is 5.56 Å². The van der Waals surface area contributed by atoms with Crippen molar-refractivity contribution in [3.63, 3.8) is 0 Å². The zero-order valence-corrected chi connectivity index (χ0v) is 10.8. The molecule has 4 nitrogen and oxygen atoms in total. The summed E-state index contributed by atoms with van der Waals surface area (Å²) in [5.74, 6) is 0. The predicted octanol–water partition coefficient (Wildman–Crippen LogP) is 0.849. The number of nitrogens with zero attached hydrogens (tertiary/aromatic N) is 1. The van der Waals surface area contributed by atoms with Gasteiger partial charge in [0, 0.05) is 32.9 Å². The van der Waals surface area contributed by atoms with E-state index in [2.05, 4.69) is 22.3 Å². The van der Waals surface area contributed by atoms with Crippen molar-refractivity contribution in [1.29, 1.82) is 0 Å².